The summed E-state index contributed by atoms with van der Waals surface area (Å²) in [7, 11) is 0. The van der Waals surface area contributed by atoms with Gasteiger partial charge < -0.3 is 15.8 Å². The molecule has 0 saturated heterocycles. The zero-order valence-electron chi connectivity index (χ0n) is 11.6. The third-order valence-corrected chi connectivity index (χ3v) is 2.79. The second kappa shape index (κ2) is 6.10. The molecular formula is C14H18N4O2. The first-order chi connectivity index (χ1) is 9.61. The first kappa shape index (κ1) is 13.9. The fraction of sp³-hybridized carbons (Fsp3) is 0.286. The Balaban J connectivity index is 2.05. The predicted molar refractivity (Wildman–Crippen MR) is 77.9 cm³/mol. The van der Waals surface area contributed by atoms with E-state index in [0.717, 1.165) is 12.2 Å². The fourth-order valence-electron chi connectivity index (χ4n) is 1.78. The number of aromatic amines is 1. The van der Waals surface area contributed by atoms with Crippen molar-refractivity contribution in [1.29, 1.82) is 0 Å². The third kappa shape index (κ3) is 3.09. The monoisotopic (exact) mass is 274 g/mol. The van der Waals surface area contributed by atoms with Gasteiger partial charge in [0.25, 0.3) is 5.91 Å². The van der Waals surface area contributed by atoms with Gasteiger partial charge >= 0.3 is 0 Å². The summed E-state index contributed by atoms with van der Waals surface area (Å²) >= 11 is 0. The molecular weight excluding hydrogens is 256 g/mol. The number of hydrogen-bond donors (Lipinski definition) is 3. The lowest BCUT2D eigenvalue weighted by atomic mass is 10.2. The SMILES string of the molecule is CCCOc1ccc(NC(=O)c2c(N)n[nH]c2C)cc1. The number of aromatic nitrogens is 2. The van der Waals surface area contributed by atoms with Crippen molar-refractivity contribution in [1.82, 2.24) is 10.2 Å². The number of ether oxygens (including phenoxy) is 1. The van der Waals surface area contributed by atoms with Gasteiger partial charge in [-0.1, -0.05) is 6.92 Å². The van der Waals surface area contributed by atoms with E-state index in [0.29, 0.717) is 23.6 Å². The maximum absolute atomic E-state index is 12.1. The van der Waals surface area contributed by atoms with E-state index in [4.69, 9.17) is 10.5 Å². The van der Waals surface area contributed by atoms with Crippen LogP contribution in [0.4, 0.5) is 11.5 Å². The molecule has 1 aromatic heterocycles. The van der Waals surface area contributed by atoms with Gasteiger partial charge in [0.2, 0.25) is 0 Å². The number of benzene rings is 1. The highest BCUT2D eigenvalue weighted by molar-refractivity contribution is 6.08. The molecule has 0 radical (unpaired) electrons. The molecule has 0 atom stereocenters. The average Bonchev–Trinajstić information content (AvgIpc) is 2.77. The van der Waals surface area contributed by atoms with E-state index < -0.39 is 0 Å². The quantitative estimate of drug-likeness (QED) is 0.780. The molecule has 6 heteroatoms. The second-order valence-corrected chi connectivity index (χ2v) is 4.44. The summed E-state index contributed by atoms with van der Waals surface area (Å²) in [5.41, 5.74) is 7.34. The van der Waals surface area contributed by atoms with Crippen LogP contribution in [0.15, 0.2) is 24.3 Å². The second-order valence-electron chi connectivity index (χ2n) is 4.44. The number of anilines is 2. The molecule has 0 aliphatic rings. The Morgan fingerprint density at radius 3 is 2.65 bits per heavy atom. The summed E-state index contributed by atoms with van der Waals surface area (Å²) in [5.74, 6) is 0.697. The van der Waals surface area contributed by atoms with Crippen molar-refractivity contribution in [3.05, 3.63) is 35.5 Å². The number of nitrogens with one attached hydrogen (secondary N) is 2. The van der Waals surface area contributed by atoms with Crippen molar-refractivity contribution in [3.63, 3.8) is 0 Å². The van der Waals surface area contributed by atoms with E-state index in [1.165, 1.54) is 0 Å². The summed E-state index contributed by atoms with van der Waals surface area (Å²) < 4.78 is 5.48. The van der Waals surface area contributed by atoms with Crippen LogP contribution in [0.2, 0.25) is 0 Å². The van der Waals surface area contributed by atoms with Crippen LogP contribution in [0.25, 0.3) is 0 Å². The first-order valence-corrected chi connectivity index (χ1v) is 6.46. The van der Waals surface area contributed by atoms with E-state index in [2.05, 4.69) is 15.5 Å². The molecule has 0 saturated carbocycles. The number of amides is 1. The van der Waals surface area contributed by atoms with Crippen LogP contribution in [0, 0.1) is 6.92 Å². The Kier molecular flexibility index (Phi) is 4.24. The highest BCUT2D eigenvalue weighted by Gasteiger charge is 2.16. The molecule has 2 rings (SSSR count). The van der Waals surface area contributed by atoms with E-state index in [1.807, 2.05) is 19.1 Å². The Morgan fingerprint density at radius 1 is 1.40 bits per heavy atom. The van der Waals surface area contributed by atoms with Crippen LogP contribution in [0.1, 0.15) is 29.4 Å². The topological polar surface area (TPSA) is 93.0 Å². The normalized spacial score (nSPS) is 10.3. The van der Waals surface area contributed by atoms with Gasteiger partial charge in [0.05, 0.1) is 6.61 Å². The molecule has 106 valence electrons. The van der Waals surface area contributed by atoms with Crippen molar-refractivity contribution in [2.45, 2.75) is 20.3 Å². The fourth-order valence-corrected chi connectivity index (χ4v) is 1.78. The first-order valence-electron chi connectivity index (χ1n) is 6.46. The highest BCUT2D eigenvalue weighted by Crippen LogP contribution is 2.18. The Labute approximate surface area is 117 Å². The van der Waals surface area contributed by atoms with Crippen molar-refractivity contribution >= 4 is 17.4 Å². The molecule has 4 N–H and O–H groups in total. The number of H-pyrrole nitrogens is 1. The Bertz CT molecular complexity index is 570. The van der Waals surface area contributed by atoms with Crippen LogP contribution < -0.4 is 15.8 Å². The van der Waals surface area contributed by atoms with Gasteiger partial charge in [-0.2, -0.15) is 5.10 Å². The molecule has 1 amide bonds. The van der Waals surface area contributed by atoms with Crippen LogP contribution in [0.5, 0.6) is 5.75 Å². The lowest BCUT2D eigenvalue weighted by molar-refractivity contribution is 0.102. The molecule has 0 spiro atoms. The minimum absolute atomic E-state index is 0.197. The van der Waals surface area contributed by atoms with Crippen LogP contribution in [-0.2, 0) is 0 Å². The minimum atomic E-state index is -0.282. The maximum atomic E-state index is 12.1. The van der Waals surface area contributed by atoms with Crippen LogP contribution in [0.3, 0.4) is 0 Å². The van der Waals surface area contributed by atoms with E-state index in [9.17, 15) is 4.79 Å². The summed E-state index contributed by atoms with van der Waals surface area (Å²) in [6.07, 6.45) is 0.956. The number of carbonyl (C=O) groups is 1. The summed E-state index contributed by atoms with van der Waals surface area (Å²) in [5, 5.41) is 9.25. The number of nitrogen functional groups attached to an aromatic ring is 1. The standard InChI is InChI=1S/C14H18N4O2/c1-3-8-20-11-6-4-10(5-7-11)16-14(19)12-9(2)17-18-13(12)15/h4-7H,3,8H2,1-2H3,(H,16,19)(H3,15,17,18). The summed E-state index contributed by atoms with van der Waals surface area (Å²) in [6.45, 7) is 4.47. The average molecular weight is 274 g/mol. The number of hydrogen-bond acceptors (Lipinski definition) is 4. The highest BCUT2D eigenvalue weighted by atomic mass is 16.5. The smallest absolute Gasteiger partial charge is 0.261 e. The van der Waals surface area contributed by atoms with E-state index in [1.54, 1.807) is 19.1 Å². The molecule has 1 aromatic carbocycles. The minimum Gasteiger partial charge on any atom is -0.494 e. The number of nitrogens with two attached hydrogens (primary N) is 1. The lowest BCUT2D eigenvalue weighted by Gasteiger charge is -2.07. The Morgan fingerprint density at radius 2 is 2.10 bits per heavy atom. The van der Waals surface area contributed by atoms with Crippen LogP contribution >= 0.6 is 0 Å². The van der Waals surface area contributed by atoms with E-state index in [-0.39, 0.29) is 11.7 Å². The van der Waals surface area contributed by atoms with Gasteiger partial charge in [0, 0.05) is 11.4 Å². The summed E-state index contributed by atoms with van der Waals surface area (Å²) in [6, 6.07) is 7.21. The number of carbonyl (C=O) groups excluding carboxylic acids is 1. The van der Waals surface area contributed by atoms with Gasteiger partial charge in [-0.25, -0.2) is 0 Å². The molecule has 0 unspecified atom stereocenters. The molecule has 0 aliphatic carbocycles. The molecule has 20 heavy (non-hydrogen) atoms. The molecule has 0 bridgehead atoms. The third-order valence-electron chi connectivity index (χ3n) is 2.79. The lowest BCUT2D eigenvalue weighted by Crippen LogP contribution is -2.14. The van der Waals surface area contributed by atoms with Crippen molar-refractivity contribution in [3.8, 4) is 5.75 Å². The van der Waals surface area contributed by atoms with Gasteiger partial charge in [-0.3, -0.25) is 9.89 Å². The zero-order chi connectivity index (χ0) is 14.5. The van der Waals surface area contributed by atoms with E-state index >= 15 is 0 Å². The zero-order valence-corrected chi connectivity index (χ0v) is 11.6. The van der Waals surface area contributed by atoms with Gasteiger partial charge in [0.1, 0.15) is 11.3 Å². The van der Waals surface area contributed by atoms with Crippen molar-refractivity contribution in [2.75, 3.05) is 17.7 Å². The van der Waals surface area contributed by atoms with Gasteiger partial charge in [0.15, 0.2) is 5.82 Å². The molecule has 2 aromatic rings. The number of nitrogens with zero attached hydrogens (tertiary/aromatic N) is 1. The van der Waals surface area contributed by atoms with Gasteiger partial charge in [-0.05, 0) is 37.6 Å². The summed E-state index contributed by atoms with van der Waals surface area (Å²) in [4.78, 5) is 12.1. The maximum Gasteiger partial charge on any atom is 0.261 e. The Hall–Kier alpha value is -2.50. The molecule has 0 aliphatic heterocycles. The largest absolute Gasteiger partial charge is 0.494 e. The molecule has 6 nitrogen and oxygen atoms in total. The number of rotatable bonds is 5. The molecule has 1 heterocycles. The van der Waals surface area contributed by atoms with Crippen LogP contribution in [-0.4, -0.2) is 22.7 Å². The van der Waals surface area contributed by atoms with Crippen molar-refractivity contribution < 1.29 is 9.53 Å². The number of aryl methyl sites for hydroxylation is 1. The predicted octanol–water partition coefficient (Wildman–Crippen LogP) is 2.34. The molecule has 0 fully saturated rings. The van der Waals surface area contributed by atoms with Crippen molar-refractivity contribution in [2.24, 2.45) is 0 Å². The van der Waals surface area contributed by atoms with Gasteiger partial charge in [-0.15, -0.1) is 0 Å².